The van der Waals surface area contributed by atoms with E-state index in [2.05, 4.69) is 15.9 Å². The lowest BCUT2D eigenvalue weighted by Gasteiger charge is -2.25. The summed E-state index contributed by atoms with van der Waals surface area (Å²) in [5.74, 6) is -0.855. The highest BCUT2D eigenvalue weighted by molar-refractivity contribution is 9.10. The number of hydrogen-bond donors (Lipinski definition) is 1. The molecule has 1 aliphatic heterocycles. The van der Waals surface area contributed by atoms with Crippen LogP contribution in [0.1, 0.15) is 36.6 Å². The Balaban J connectivity index is 2.11. The Labute approximate surface area is 190 Å². The minimum atomic E-state index is -0.707. The molecule has 1 atom stereocenters. The molecule has 1 heterocycles. The zero-order valence-corrected chi connectivity index (χ0v) is 19.6. The second kappa shape index (κ2) is 9.66. The minimum Gasteiger partial charge on any atom is -0.507 e. The number of carbonyl (C=O) groups is 2. The standard InChI is InChI=1S/C24H26BrNO5/c1-14(2)31-19-10-7-17(13-15(19)3)22(27)20-21(16-5-8-18(25)9-6-16)26(11-12-30-4)24(29)23(20)28/h5-10,13-14,21,27H,11-12H2,1-4H3/t21-/m1/s1. The Morgan fingerprint density at radius 1 is 1.16 bits per heavy atom. The largest absolute Gasteiger partial charge is 0.507 e. The highest BCUT2D eigenvalue weighted by Crippen LogP contribution is 2.40. The van der Waals surface area contributed by atoms with Gasteiger partial charge in [0.1, 0.15) is 11.5 Å². The molecule has 1 aliphatic rings. The smallest absolute Gasteiger partial charge is 0.295 e. The number of Topliss-reactive ketones (excluding diaryl/α,β-unsaturated/α-hetero) is 1. The average molecular weight is 488 g/mol. The number of ketones is 1. The van der Waals surface area contributed by atoms with Crippen molar-refractivity contribution in [3.8, 4) is 5.75 Å². The van der Waals surface area contributed by atoms with E-state index in [1.54, 1.807) is 18.2 Å². The Morgan fingerprint density at radius 3 is 2.42 bits per heavy atom. The number of ether oxygens (including phenoxy) is 2. The molecule has 1 saturated heterocycles. The van der Waals surface area contributed by atoms with E-state index in [0.717, 1.165) is 15.6 Å². The van der Waals surface area contributed by atoms with E-state index in [-0.39, 0.29) is 30.6 Å². The van der Waals surface area contributed by atoms with Crippen molar-refractivity contribution in [1.29, 1.82) is 0 Å². The first-order valence-corrected chi connectivity index (χ1v) is 10.8. The lowest BCUT2D eigenvalue weighted by Crippen LogP contribution is -2.32. The number of nitrogens with zero attached hydrogens (tertiary/aromatic N) is 1. The summed E-state index contributed by atoms with van der Waals surface area (Å²) >= 11 is 3.41. The van der Waals surface area contributed by atoms with Gasteiger partial charge < -0.3 is 19.5 Å². The highest BCUT2D eigenvalue weighted by Gasteiger charge is 2.45. The number of rotatable bonds is 7. The lowest BCUT2D eigenvalue weighted by atomic mass is 9.95. The number of halogens is 1. The number of carbonyl (C=O) groups excluding carboxylic acids is 2. The monoisotopic (exact) mass is 487 g/mol. The maximum absolute atomic E-state index is 13.0. The molecule has 1 amide bonds. The van der Waals surface area contributed by atoms with Crippen LogP contribution in [0, 0.1) is 6.92 Å². The Morgan fingerprint density at radius 2 is 1.84 bits per heavy atom. The van der Waals surface area contributed by atoms with Crippen molar-refractivity contribution in [2.24, 2.45) is 0 Å². The van der Waals surface area contributed by atoms with Gasteiger partial charge in [0.25, 0.3) is 11.7 Å². The molecule has 7 heteroatoms. The van der Waals surface area contributed by atoms with Crippen molar-refractivity contribution in [2.45, 2.75) is 32.9 Å². The number of aliphatic hydroxyl groups excluding tert-OH is 1. The number of methoxy groups -OCH3 is 1. The van der Waals surface area contributed by atoms with Gasteiger partial charge in [-0.1, -0.05) is 28.1 Å². The Bertz CT molecular complexity index is 1010. The normalized spacial score (nSPS) is 18.1. The van der Waals surface area contributed by atoms with Crippen LogP contribution in [0.5, 0.6) is 5.75 Å². The second-order valence-corrected chi connectivity index (χ2v) is 8.60. The van der Waals surface area contributed by atoms with E-state index >= 15 is 0 Å². The summed E-state index contributed by atoms with van der Waals surface area (Å²) in [6, 6.07) is 11.9. The fourth-order valence-corrected chi connectivity index (χ4v) is 3.89. The molecule has 31 heavy (non-hydrogen) atoms. The number of amides is 1. The van der Waals surface area contributed by atoms with Gasteiger partial charge in [0.05, 0.1) is 24.3 Å². The molecule has 0 radical (unpaired) electrons. The predicted octanol–water partition coefficient (Wildman–Crippen LogP) is 4.61. The van der Waals surface area contributed by atoms with Crippen LogP contribution in [-0.4, -0.2) is 48.1 Å². The number of benzene rings is 2. The van der Waals surface area contributed by atoms with Gasteiger partial charge in [0, 0.05) is 23.7 Å². The Kier molecular flexibility index (Phi) is 7.18. The molecule has 1 fully saturated rings. The minimum absolute atomic E-state index is 0.0154. The molecule has 1 N–H and O–H groups in total. The van der Waals surface area contributed by atoms with Crippen molar-refractivity contribution in [1.82, 2.24) is 4.90 Å². The molecule has 0 bridgehead atoms. The van der Waals surface area contributed by atoms with Gasteiger partial charge in [-0.2, -0.15) is 0 Å². The molecule has 0 unspecified atom stereocenters. The number of likely N-dealkylation sites (tertiary alicyclic amines) is 1. The molecular weight excluding hydrogens is 462 g/mol. The van der Waals surface area contributed by atoms with E-state index in [4.69, 9.17) is 9.47 Å². The van der Waals surface area contributed by atoms with E-state index in [1.165, 1.54) is 12.0 Å². The maximum Gasteiger partial charge on any atom is 0.295 e. The highest BCUT2D eigenvalue weighted by atomic mass is 79.9. The Hall–Kier alpha value is -2.64. The zero-order valence-electron chi connectivity index (χ0n) is 18.0. The van der Waals surface area contributed by atoms with Crippen molar-refractivity contribution in [3.63, 3.8) is 0 Å². The third kappa shape index (κ3) is 4.83. The first-order chi connectivity index (χ1) is 14.7. The first kappa shape index (κ1) is 23.0. The van der Waals surface area contributed by atoms with E-state index in [1.807, 2.05) is 45.0 Å². The molecule has 164 valence electrons. The summed E-state index contributed by atoms with van der Waals surface area (Å²) < 4.78 is 11.8. The molecule has 0 aliphatic carbocycles. The molecule has 2 aromatic rings. The quantitative estimate of drug-likeness (QED) is 0.350. The van der Waals surface area contributed by atoms with Gasteiger partial charge in [0.15, 0.2) is 0 Å². The fourth-order valence-electron chi connectivity index (χ4n) is 3.63. The van der Waals surface area contributed by atoms with Gasteiger partial charge in [-0.15, -0.1) is 0 Å². The molecule has 0 spiro atoms. The second-order valence-electron chi connectivity index (χ2n) is 7.68. The zero-order chi connectivity index (χ0) is 22.7. The van der Waals surface area contributed by atoms with Crippen LogP contribution in [0.15, 0.2) is 52.5 Å². The van der Waals surface area contributed by atoms with Crippen LogP contribution in [-0.2, 0) is 14.3 Å². The maximum atomic E-state index is 13.0. The van der Waals surface area contributed by atoms with Crippen LogP contribution in [0.4, 0.5) is 0 Å². The van der Waals surface area contributed by atoms with Gasteiger partial charge in [-0.3, -0.25) is 9.59 Å². The molecule has 0 aromatic heterocycles. The fraction of sp³-hybridized carbons (Fsp3) is 0.333. The predicted molar refractivity (Wildman–Crippen MR) is 122 cm³/mol. The van der Waals surface area contributed by atoms with Crippen molar-refractivity contribution >= 4 is 33.4 Å². The van der Waals surface area contributed by atoms with E-state index in [0.29, 0.717) is 11.3 Å². The summed E-state index contributed by atoms with van der Waals surface area (Å²) in [6.07, 6.45) is 0.0154. The third-order valence-corrected chi connectivity index (χ3v) is 5.60. The van der Waals surface area contributed by atoms with Crippen molar-refractivity contribution in [2.75, 3.05) is 20.3 Å². The third-order valence-electron chi connectivity index (χ3n) is 5.07. The summed E-state index contributed by atoms with van der Waals surface area (Å²) in [6.45, 7) is 6.26. The summed E-state index contributed by atoms with van der Waals surface area (Å²) in [5, 5.41) is 11.1. The van der Waals surface area contributed by atoms with Crippen molar-refractivity contribution in [3.05, 3.63) is 69.2 Å². The van der Waals surface area contributed by atoms with Crippen LogP contribution < -0.4 is 4.74 Å². The van der Waals surface area contributed by atoms with Gasteiger partial charge in [0.2, 0.25) is 0 Å². The summed E-state index contributed by atoms with van der Waals surface area (Å²) in [5.41, 5.74) is 2.09. The number of aliphatic hydroxyl groups is 1. The molecule has 2 aromatic carbocycles. The topological polar surface area (TPSA) is 76.1 Å². The van der Waals surface area contributed by atoms with E-state index in [9.17, 15) is 14.7 Å². The van der Waals surface area contributed by atoms with Gasteiger partial charge >= 0.3 is 0 Å². The number of hydrogen-bond acceptors (Lipinski definition) is 5. The SMILES string of the molecule is COCCN1C(=O)C(=O)C(=C(O)c2ccc(OC(C)C)c(C)c2)[C@H]1c1ccc(Br)cc1. The average Bonchev–Trinajstić information content (AvgIpc) is 2.98. The summed E-state index contributed by atoms with van der Waals surface area (Å²) in [4.78, 5) is 27.2. The molecule has 6 nitrogen and oxygen atoms in total. The lowest BCUT2D eigenvalue weighted by molar-refractivity contribution is -0.140. The summed E-state index contributed by atoms with van der Waals surface area (Å²) in [7, 11) is 1.54. The van der Waals surface area contributed by atoms with Crippen LogP contribution in [0.25, 0.3) is 5.76 Å². The first-order valence-electron chi connectivity index (χ1n) is 10.0. The van der Waals surface area contributed by atoms with Crippen LogP contribution in [0.3, 0.4) is 0 Å². The van der Waals surface area contributed by atoms with E-state index < -0.39 is 17.7 Å². The molecular formula is C24H26BrNO5. The van der Waals surface area contributed by atoms with Crippen LogP contribution in [0.2, 0.25) is 0 Å². The van der Waals surface area contributed by atoms with Crippen LogP contribution >= 0.6 is 15.9 Å². The van der Waals surface area contributed by atoms with Gasteiger partial charge in [-0.05, 0) is 62.2 Å². The van der Waals surface area contributed by atoms with Crippen molar-refractivity contribution < 1.29 is 24.2 Å². The molecule has 3 rings (SSSR count). The van der Waals surface area contributed by atoms with Gasteiger partial charge in [-0.25, -0.2) is 0 Å². The molecule has 0 saturated carbocycles. The number of aryl methyl sites for hydroxylation is 1.